The number of benzene rings is 2. The summed E-state index contributed by atoms with van der Waals surface area (Å²) in [6.45, 7) is 6.07. The van der Waals surface area contributed by atoms with Crippen LogP contribution in [0.3, 0.4) is 0 Å². The number of hydrogen-bond acceptors (Lipinski definition) is 4. The summed E-state index contributed by atoms with van der Waals surface area (Å²) in [6, 6.07) is 12.8. The van der Waals surface area contributed by atoms with E-state index in [-0.39, 0.29) is 18.2 Å². The van der Waals surface area contributed by atoms with E-state index in [1.54, 1.807) is 25.1 Å². The lowest BCUT2D eigenvalue weighted by molar-refractivity contribution is -0.142. The van der Waals surface area contributed by atoms with Crippen LogP contribution >= 0.6 is 0 Å². The number of ketones is 1. The Bertz CT molecular complexity index is 862. The van der Waals surface area contributed by atoms with Crippen LogP contribution in [-0.4, -0.2) is 18.4 Å². The van der Waals surface area contributed by atoms with E-state index in [0.717, 1.165) is 16.7 Å². The van der Waals surface area contributed by atoms with Crippen LogP contribution in [0.2, 0.25) is 0 Å². The number of rotatable bonds is 7. The molecule has 0 radical (unpaired) electrons. The van der Waals surface area contributed by atoms with E-state index in [4.69, 9.17) is 10.00 Å². The van der Waals surface area contributed by atoms with Crippen LogP contribution in [0.4, 0.5) is 0 Å². The SMILES string of the molecule is CCOC(=O)Cc1ccc(CC)c(C(=O)c2cc(C#N)ccc2CC)c1. The second-order valence-corrected chi connectivity index (χ2v) is 5.99. The van der Waals surface area contributed by atoms with Crippen molar-refractivity contribution in [2.75, 3.05) is 6.61 Å². The Kier molecular flexibility index (Phi) is 6.68. The molecule has 0 atom stereocenters. The standard InChI is InChI=1S/C22H23NO3/c1-4-17-9-7-15(13-21(24)26-6-3)11-19(17)22(25)20-12-16(14-23)8-10-18(20)5-2/h7-12H,4-6,13H2,1-3H3. The lowest BCUT2D eigenvalue weighted by atomic mass is 9.90. The van der Waals surface area contributed by atoms with Gasteiger partial charge in [-0.05, 0) is 54.7 Å². The third-order valence-electron chi connectivity index (χ3n) is 4.32. The number of nitrogens with zero attached hydrogens (tertiary/aromatic N) is 1. The number of esters is 1. The molecular formula is C22H23NO3. The Morgan fingerprint density at radius 2 is 1.58 bits per heavy atom. The highest BCUT2D eigenvalue weighted by atomic mass is 16.5. The van der Waals surface area contributed by atoms with Crippen molar-refractivity contribution in [3.05, 3.63) is 69.8 Å². The second-order valence-electron chi connectivity index (χ2n) is 5.99. The second kappa shape index (κ2) is 8.96. The molecule has 0 aliphatic carbocycles. The predicted octanol–water partition coefficient (Wildman–Crippen LogP) is 4.02. The van der Waals surface area contributed by atoms with Crippen LogP contribution in [0.25, 0.3) is 0 Å². The number of hydrogen-bond donors (Lipinski definition) is 0. The van der Waals surface area contributed by atoms with Gasteiger partial charge in [-0.2, -0.15) is 5.26 Å². The predicted molar refractivity (Wildman–Crippen MR) is 100 cm³/mol. The molecule has 2 aromatic rings. The largest absolute Gasteiger partial charge is 0.466 e. The van der Waals surface area contributed by atoms with Crippen molar-refractivity contribution >= 4 is 11.8 Å². The first-order valence-corrected chi connectivity index (χ1v) is 8.89. The molecule has 0 heterocycles. The molecule has 2 rings (SSSR count). The Hall–Kier alpha value is -2.93. The number of carbonyl (C=O) groups is 2. The maximum atomic E-state index is 13.2. The van der Waals surface area contributed by atoms with Crippen LogP contribution in [0.15, 0.2) is 36.4 Å². The molecule has 0 aromatic heterocycles. The molecule has 26 heavy (non-hydrogen) atoms. The first-order chi connectivity index (χ1) is 12.5. The summed E-state index contributed by atoms with van der Waals surface area (Å²) in [7, 11) is 0. The summed E-state index contributed by atoms with van der Waals surface area (Å²) >= 11 is 0. The highest BCUT2D eigenvalue weighted by Gasteiger charge is 2.18. The van der Waals surface area contributed by atoms with E-state index in [2.05, 4.69) is 6.07 Å². The summed E-state index contributed by atoms with van der Waals surface area (Å²) < 4.78 is 4.99. The molecule has 0 fully saturated rings. The van der Waals surface area contributed by atoms with E-state index < -0.39 is 0 Å². The summed E-state index contributed by atoms with van der Waals surface area (Å²) in [4.78, 5) is 25.0. The van der Waals surface area contributed by atoms with Gasteiger partial charge in [-0.15, -0.1) is 0 Å². The van der Waals surface area contributed by atoms with E-state index in [9.17, 15) is 9.59 Å². The van der Waals surface area contributed by atoms with Gasteiger partial charge in [-0.1, -0.05) is 32.0 Å². The van der Waals surface area contributed by atoms with Crippen molar-refractivity contribution in [2.24, 2.45) is 0 Å². The van der Waals surface area contributed by atoms with Crippen molar-refractivity contribution in [1.29, 1.82) is 5.26 Å². The van der Waals surface area contributed by atoms with Crippen LogP contribution in [-0.2, 0) is 28.8 Å². The highest BCUT2D eigenvalue weighted by Crippen LogP contribution is 2.22. The van der Waals surface area contributed by atoms with E-state index in [1.807, 2.05) is 32.0 Å². The van der Waals surface area contributed by atoms with Gasteiger partial charge in [0.2, 0.25) is 0 Å². The molecule has 2 aromatic carbocycles. The van der Waals surface area contributed by atoms with Gasteiger partial charge in [0.15, 0.2) is 5.78 Å². The molecule has 0 bridgehead atoms. The van der Waals surface area contributed by atoms with Gasteiger partial charge in [0.1, 0.15) is 0 Å². The fourth-order valence-corrected chi connectivity index (χ4v) is 2.94. The van der Waals surface area contributed by atoms with Gasteiger partial charge in [-0.3, -0.25) is 9.59 Å². The third kappa shape index (κ3) is 4.37. The van der Waals surface area contributed by atoms with E-state index in [0.29, 0.717) is 36.1 Å². The highest BCUT2D eigenvalue weighted by molar-refractivity contribution is 6.11. The van der Waals surface area contributed by atoms with Crippen molar-refractivity contribution in [3.8, 4) is 6.07 Å². The van der Waals surface area contributed by atoms with Crippen LogP contribution < -0.4 is 0 Å². The first kappa shape index (κ1) is 19.4. The minimum absolute atomic E-state index is 0.110. The van der Waals surface area contributed by atoms with E-state index >= 15 is 0 Å². The molecule has 0 unspecified atom stereocenters. The quantitative estimate of drug-likeness (QED) is 0.559. The smallest absolute Gasteiger partial charge is 0.310 e. The number of aryl methyl sites for hydroxylation is 2. The summed E-state index contributed by atoms with van der Waals surface area (Å²) in [5.74, 6) is -0.419. The molecule has 0 saturated carbocycles. The molecule has 0 saturated heterocycles. The van der Waals surface area contributed by atoms with Crippen LogP contribution in [0, 0.1) is 11.3 Å². The maximum absolute atomic E-state index is 13.2. The number of ether oxygens (including phenoxy) is 1. The summed E-state index contributed by atoms with van der Waals surface area (Å²) in [5, 5.41) is 9.16. The lowest BCUT2D eigenvalue weighted by Crippen LogP contribution is -2.11. The Labute approximate surface area is 154 Å². The van der Waals surface area contributed by atoms with Gasteiger partial charge in [0.05, 0.1) is 24.7 Å². The molecule has 0 aliphatic heterocycles. The monoisotopic (exact) mass is 349 g/mol. The molecule has 0 aliphatic rings. The number of carbonyl (C=O) groups excluding carboxylic acids is 2. The molecule has 134 valence electrons. The first-order valence-electron chi connectivity index (χ1n) is 8.89. The van der Waals surface area contributed by atoms with E-state index in [1.165, 1.54) is 0 Å². The molecule has 4 heteroatoms. The zero-order valence-electron chi connectivity index (χ0n) is 15.5. The van der Waals surface area contributed by atoms with Gasteiger partial charge in [0.25, 0.3) is 0 Å². The van der Waals surface area contributed by atoms with Gasteiger partial charge >= 0.3 is 5.97 Å². The Morgan fingerprint density at radius 3 is 2.15 bits per heavy atom. The summed E-state index contributed by atoms with van der Waals surface area (Å²) in [5.41, 5.74) is 4.18. The van der Waals surface area contributed by atoms with Crippen molar-refractivity contribution < 1.29 is 14.3 Å². The van der Waals surface area contributed by atoms with Crippen molar-refractivity contribution in [1.82, 2.24) is 0 Å². The minimum Gasteiger partial charge on any atom is -0.466 e. The minimum atomic E-state index is -0.309. The average Bonchev–Trinajstić information content (AvgIpc) is 2.66. The Balaban J connectivity index is 2.47. The zero-order valence-corrected chi connectivity index (χ0v) is 15.5. The van der Waals surface area contributed by atoms with Crippen LogP contribution in [0.5, 0.6) is 0 Å². The van der Waals surface area contributed by atoms with Gasteiger partial charge < -0.3 is 4.74 Å². The zero-order chi connectivity index (χ0) is 19.1. The maximum Gasteiger partial charge on any atom is 0.310 e. The summed E-state index contributed by atoms with van der Waals surface area (Å²) in [6.07, 6.45) is 1.55. The average molecular weight is 349 g/mol. The Morgan fingerprint density at radius 1 is 0.962 bits per heavy atom. The molecule has 0 N–H and O–H groups in total. The normalized spacial score (nSPS) is 10.2. The topological polar surface area (TPSA) is 67.2 Å². The molecule has 0 spiro atoms. The van der Waals surface area contributed by atoms with Crippen LogP contribution in [0.1, 0.15) is 58.9 Å². The lowest BCUT2D eigenvalue weighted by Gasteiger charge is -2.12. The fraction of sp³-hybridized carbons (Fsp3) is 0.318. The third-order valence-corrected chi connectivity index (χ3v) is 4.32. The fourth-order valence-electron chi connectivity index (χ4n) is 2.94. The van der Waals surface area contributed by atoms with Gasteiger partial charge in [0, 0.05) is 11.1 Å². The molecule has 4 nitrogen and oxygen atoms in total. The van der Waals surface area contributed by atoms with Gasteiger partial charge in [-0.25, -0.2) is 0 Å². The molecule has 0 amide bonds. The number of nitriles is 1. The van der Waals surface area contributed by atoms with Crippen molar-refractivity contribution in [2.45, 2.75) is 40.0 Å². The molecular weight excluding hydrogens is 326 g/mol. The van der Waals surface area contributed by atoms with Crippen molar-refractivity contribution in [3.63, 3.8) is 0 Å².